The second kappa shape index (κ2) is 7.58. The van der Waals surface area contributed by atoms with Crippen LogP contribution in [0.3, 0.4) is 0 Å². The van der Waals surface area contributed by atoms with Crippen molar-refractivity contribution in [1.82, 2.24) is 10.3 Å². The molecule has 0 fully saturated rings. The van der Waals surface area contributed by atoms with Crippen LogP contribution in [-0.4, -0.2) is 24.2 Å². The molecule has 0 aliphatic heterocycles. The van der Waals surface area contributed by atoms with Crippen LogP contribution in [0.25, 0.3) is 10.9 Å². The monoisotopic (exact) mass is 292 g/mol. The largest absolute Gasteiger partial charge is 0.379 e. The molecule has 0 bridgehead atoms. The van der Waals surface area contributed by atoms with Gasteiger partial charge in [-0.3, -0.25) is 4.98 Å². The van der Waals surface area contributed by atoms with Gasteiger partial charge >= 0.3 is 0 Å². The first-order chi connectivity index (χ1) is 9.68. The van der Waals surface area contributed by atoms with Gasteiger partial charge in [0, 0.05) is 29.8 Å². The summed E-state index contributed by atoms with van der Waals surface area (Å²) >= 11 is 6.18. The van der Waals surface area contributed by atoms with Crippen LogP contribution in [0.15, 0.2) is 30.5 Å². The number of pyridine rings is 1. The Morgan fingerprint density at radius 3 is 2.95 bits per heavy atom. The zero-order chi connectivity index (χ0) is 14.4. The molecule has 0 amide bonds. The van der Waals surface area contributed by atoms with E-state index in [-0.39, 0.29) is 0 Å². The molecule has 0 radical (unpaired) electrons. The molecule has 0 aliphatic rings. The lowest BCUT2D eigenvalue weighted by atomic mass is 10.1. The first kappa shape index (κ1) is 15.2. The molecule has 1 aromatic heterocycles. The van der Waals surface area contributed by atoms with Gasteiger partial charge in [0.25, 0.3) is 0 Å². The maximum Gasteiger partial charge on any atom is 0.0761 e. The molecule has 4 heteroatoms. The molecule has 20 heavy (non-hydrogen) atoms. The third-order valence-corrected chi connectivity index (χ3v) is 3.39. The number of benzene rings is 1. The molecule has 0 spiro atoms. The van der Waals surface area contributed by atoms with E-state index in [0.29, 0.717) is 6.10 Å². The van der Waals surface area contributed by atoms with Gasteiger partial charge in [-0.25, -0.2) is 0 Å². The van der Waals surface area contributed by atoms with Crippen LogP contribution in [0.1, 0.15) is 25.8 Å². The number of rotatable bonds is 7. The summed E-state index contributed by atoms with van der Waals surface area (Å²) < 4.78 is 5.51. The molecule has 2 rings (SSSR count). The number of ether oxygens (including phenoxy) is 1. The molecule has 1 heterocycles. The Bertz CT molecular complexity index is 557. The highest BCUT2D eigenvalue weighted by molar-refractivity contribution is 6.35. The van der Waals surface area contributed by atoms with E-state index in [1.165, 1.54) is 5.56 Å². The van der Waals surface area contributed by atoms with Crippen LogP contribution in [0, 0.1) is 0 Å². The summed E-state index contributed by atoms with van der Waals surface area (Å²) in [5.41, 5.74) is 2.15. The number of aromatic nitrogens is 1. The van der Waals surface area contributed by atoms with Gasteiger partial charge in [0.2, 0.25) is 0 Å². The highest BCUT2D eigenvalue weighted by Crippen LogP contribution is 2.24. The van der Waals surface area contributed by atoms with E-state index in [1.807, 2.05) is 24.3 Å². The fourth-order valence-electron chi connectivity index (χ4n) is 2.08. The maximum absolute atomic E-state index is 6.18. The van der Waals surface area contributed by atoms with E-state index in [0.717, 1.165) is 42.0 Å². The van der Waals surface area contributed by atoms with Gasteiger partial charge in [0.05, 0.1) is 11.6 Å². The minimum absolute atomic E-state index is 0.305. The van der Waals surface area contributed by atoms with Crippen molar-refractivity contribution in [2.45, 2.75) is 32.9 Å². The van der Waals surface area contributed by atoms with Crippen molar-refractivity contribution in [2.75, 3.05) is 13.2 Å². The SMILES string of the molecule is CC(C)OCCCNCc1ccc(Cl)c2cccnc12. The Hall–Kier alpha value is -1.16. The number of hydrogen-bond acceptors (Lipinski definition) is 3. The second-order valence-corrected chi connectivity index (χ2v) is 5.46. The van der Waals surface area contributed by atoms with Crippen LogP contribution in [0.5, 0.6) is 0 Å². The predicted octanol–water partition coefficient (Wildman–Crippen LogP) is 3.79. The van der Waals surface area contributed by atoms with E-state index >= 15 is 0 Å². The molecule has 0 unspecified atom stereocenters. The van der Waals surface area contributed by atoms with Crippen molar-refractivity contribution in [3.63, 3.8) is 0 Å². The normalized spacial score (nSPS) is 11.4. The maximum atomic E-state index is 6.18. The van der Waals surface area contributed by atoms with Crippen molar-refractivity contribution in [2.24, 2.45) is 0 Å². The van der Waals surface area contributed by atoms with Crippen molar-refractivity contribution >= 4 is 22.5 Å². The summed E-state index contributed by atoms with van der Waals surface area (Å²) in [5, 5.41) is 5.19. The van der Waals surface area contributed by atoms with Gasteiger partial charge in [-0.1, -0.05) is 17.7 Å². The van der Waals surface area contributed by atoms with Crippen LogP contribution in [-0.2, 0) is 11.3 Å². The van der Waals surface area contributed by atoms with E-state index in [9.17, 15) is 0 Å². The zero-order valence-electron chi connectivity index (χ0n) is 12.0. The van der Waals surface area contributed by atoms with Gasteiger partial charge in [-0.2, -0.15) is 0 Å². The quantitative estimate of drug-likeness (QED) is 0.788. The van der Waals surface area contributed by atoms with Crippen LogP contribution in [0.2, 0.25) is 5.02 Å². The molecular formula is C16H21ClN2O. The van der Waals surface area contributed by atoms with E-state index in [4.69, 9.17) is 16.3 Å². The number of hydrogen-bond donors (Lipinski definition) is 1. The highest BCUT2D eigenvalue weighted by Gasteiger charge is 2.05. The lowest BCUT2D eigenvalue weighted by Crippen LogP contribution is -2.17. The lowest BCUT2D eigenvalue weighted by molar-refractivity contribution is 0.0770. The molecule has 0 atom stereocenters. The van der Waals surface area contributed by atoms with Gasteiger partial charge in [0.15, 0.2) is 0 Å². The Morgan fingerprint density at radius 2 is 2.15 bits per heavy atom. The third-order valence-electron chi connectivity index (χ3n) is 3.06. The Balaban J connectivity index is 1.89. The Kier molecular flexibility index (Phi) is 5.77. The highest BCUT2D eigenvalue weighted by atomic mass is 35.5. The van der Waals surface area contributed by atoms with Crippen LogP contribution >= 0.6 is 11.6 Å². The van der Waals surface area contributed by atoms with E-state index in [1.54, 1.807) is 6.20 Å². The topological polar surface area (TPSA) is 34.1 Å². The zero-order valence-corrected chi connectivity index (χ0v) is 12.8. The summed E-state index contributed by atoms with van der Waals surface area (Å²) in [4.78, 5) is 4.43. The molecule has 3 nitrogen and oxygen atoms in total. The second-order valence-electron chi connectivity index (χ2n) is 5.06. The van der Waals surface area contributed by atoms with Gasteiger partial charge in [-0.05, 0) is 50.6 Å². The van der Waals surface area contributed by atoms with Gasteiger partial charge < -0.3 is 10.1 Å². The average molecular weight is 293 g/mol. The molecule has 0 saturated carbocycles. The Labute approximate surface area is 125 Å². The number of fused-ring (bicyclic) bond motifs is 1. The number of nitrogens with zero attached hydrogens (tertiary/aromatic N) is 1. The third kappa shape index (κ3) is 4.17. The van der Waals surface area contributed by atoms with Crippen molar-refractivity contribution < 1.29 is 4.74 Å². The van der Waals surface area contributed by atoms with Crippen molar-refractivity contribution in [3.05, 3.63) is 41.0 Å². The summed E-state index contributed by atoms with van der Waals surface area (Å²) in [6.45, 7) is 6.64. The first-order valence-electron chi connectivity index (χ1n) is 7.03. The lowest BCUT2D eigenvalue weighted by Gasteiger charge is -2.10. The summed E-state index contributed by atoms with van der Waals surface area (Å²) in [6, 6.07) is 7.89. The minimum Gasteiger partial charge on any atom is -0.379 e. The van der Waals surface area contributed by atoms with Crippen molar-refractivity contribution in [3.8, 4) is 0 Å². The average Bonchev–Trinajstić information content (AvgIpc) is 2.45. The fourth-order valence-corrected chi connectivity index (χ4v) is 2.29. The first-order valence-corrected chi connectivity index (χ1v) is 7.40. The standard InChI is InChI=1S/C16H21ClN2O/c1-12(2)20-10-4-8-18-11-13-6-7-15(17)14-5-3-9-19-16(13)14/h3,5-7,9,12,18H,4,8,10-11H2,1-2H3. The summed E-state index contributed by atoms with van der Waals surface area (Å²) in [7, 11) is 0. The molecule has 1 aromatic carbocycles. The number of nitrogens with one attached hydrogen (secondary N) is 1. The predicted molar refractivity (Wildman–Crippen MR) is 84.2 cm³/mol. The number of halogens is 1. The van der Waals surface area contributed by atoms with Gasteiger partial charge in [0.1, 0.15) is 0 Å². The fraction of sp³-hybridized carbons (Fsp3) is 0.438. The molecule has 1 N–H and O–H groups in total. The van der Waals surface area contributed by atoms with E-state index in [2.05, 4.69) is 24.1 Å². The minimum atomic E-state index is 0.305. The summed E-state index contributed by atoms with van der Waals surface area (Å²) in [6.07, 6.45) is 3.12. The van der Waals surface area contributed by atoms with Gasteiger partial charge in [-0.15, -0.1) is 0 Å². The molecule has 2 aromatic rings. The smallest absolute Gasteiger partial charge is 0.0761 e. The van der Waals surface area contributed by atoms with Crippen molar-refractivity contribution in [1.29, 1.82) is 0 Å². The van der Waals surface area contributed by atoms with Crippen LogP contribution < -0.4 is 5.32 Å². The summed E-state index contributed by atoms with van der Waals surface area (Å²) in [5.74, 6) is 0. The van der Waals surface area contributed by atoms with E-state index < -0.39 is 0 Å². The molecule has 0 aliphatic carbocycles. The van der Waals surface area contributed by atoms with Crippen LogP contribution in [0.4, 0.5) is 0 Å². The molecular weight excluding hydrogens is 272 g/mol. The Morgan fingerprint density at radius 1 is 1.30 bits per heavy atom. The molecule has 108 valence electrons. The molecule has 0 saturated heterocycles.